The van der Waals surface area contributed by atoms with Crippen molar-refractivity contribution in [3.63, 3.8) is 0 Å². The zero-order valence-electron chi connectivity index (χ0n) is 19.0. The van der Waals surface area contributed by atoms with Gasteiger partial charge in [0.05, 0.1) is 27.0 Å². The van der Waals surface area contributed by atoms with Crippen molar-refractivity contribution in [3.8, 4) is 0 Å². The maximum atomic E-state index is 13.0. The van der Waals surface area contributed by atoms with Crippen LogP contribution in [0.1, 0.15) is 0 Å². The van der Waals surface area contributed by atoms with Gasteiger partial charge in [-0.05, 0) is 52.3 Å². The molecule has 0 saturated carbocycles. The number of aromatic amines is 3. The molecule has 0 aliphatic carbocycles. The van der Waals surface area contributed by atoms with Gasteiger partial charge in [0.1, 0.15) is 16.6 Å². The number of fused-ring (bicyclic) bond motifs is 3. The average molecular weight is 621 g/mol. The predicted molar refractivity (Wildman–Crippen MR) is 142 cm³/mol. The molecular weight excluding hydrogens is 609 g/mol. The summed E-state index contributed by atoms with van der Waals surface area (Å²) >= 11 is 8.92. The molecule has 0 bridgehead atoms. The molecule has 0 amide bonds. The minimum atomic E-state index is -0.961. The monoisotopic (exact) mass is 619 g/mol. The first-order valence-corrected chi connectivity index (χ1v) is 11.7. The molecule has 0 spiro atoms. The molecule has 0 aliphatic rings. The van der Waals surface area contributed by atoms with Gasteiger partial charge in [-0.2, -0.15) is 0 Å². The van der Waals surface area contributed by atoms with Gasteiger partial charge >= 0.3 is 34.1 Å². The number of nitrogens with one attached hydrogen (secondary N) is 3. The molecule has 198 valence electrons. The minimum Gasteiger partial charge on any atom is -0.372 e. The summed E-state index contributed by atoms with van der Waals surface area (Å²) in [5.74, 6) is -3.11. The highest BCUT2D eigenvalue weighted by Gasteiger charge is 2.07. The maximum absolute atomic E-state index is 13.0. The van der Waals surface area contributed by atoms with Crippen LogP contribution in [-0.4, -0.2) is 15.0 Å². The highest BCUT2D eigenvalue weighted by molar-refractivity contribution is 9.10. The molecule has 0 fully saturated rings. The predicted octanol–water partition coefficient (Wildman–Crippen LogP) is 3.00. The van der Waals surface area contributed by atoms with Crippen LogP contribution in [0, 0.1) is 5.82 Å². The van der Waals surface area contributed by atoms with E-state index in [-0.39, 0.29) is 21.3 Å². The first kappa shape index (κ1) is 27.2. The van der Waals surface area contributed by atoms with Gasteiger partial charge in [0.25, 0.3) is 0 Å². The lowest BCUT2D eigenvalue weighted by Crippen LogP contribution is -2.15. The summed E-state index contributed by atoms with van der Waals surface area (Å²) in [4.78, 5) is 72.5. The summed E-state index contributed by atoms with van der Waals surface area (Å²) in [5, 5.41) is 0.579. The van der Waals surface area contributed by atoms with Gasteiger partial charge in [0.15, 0.2) is 0 Å². The Kier molecular flexibility index (Phi) is 7.88. The third kappa shape index (κ3) is 6.02. The fourth-order valence-corrected chi connectivity index (χ4v) is 4.10. The van der Waals surface area contributed by atoms with Gasteiger partial charge in [0, 0.05) is 4.47 Å². The van der Waals surface area contributed by atoms with Crippen LogP contribution in [0.2, 0.25) is 5.02 Å². The third-order valence-electron chi connectivity index (χ3n) is 4.92. The van der Waals surface area contributed by atoms with Gasteiger partial charge < -0.3 is 13.3 Å². The fourth-order valence-electron chi connectivity index (χ4n) is 3.32. The molecule has 3 aromatic heterocycles. The molecule has 12 nitrogen and oxygen atoms in total. The Morgan fingerprint density at radius 1 is 0.590 bits per heavy atom. The van der Waals surface area contributed by atoms with E-state index in [0.29, 0.717) is 20.9 Å². The Labute approximate surface area is 225 Å². The van der Waals surface area contributed by atoms with E-state index in [1.54, 1.807) is 36.4 Å². The second-order valence-electron chi connectivity index (χ2n) is 7.39. The molecule has 0 aliphatic heterocycles. The molecule has 3 aromatic carbocycles. The van der Waals surface area contributed by atoms with Crippen LogP contribution in [0.4, 0.5) is 4.39 Å². The van der Waals surface area contributed by atoms with E-state index in [2.05, 4.69) is 44.1 Å². The lowest BCUT2D eigenvalue weighted by molar-refractivity contribution is 0.457. The van der Waals surface area contributed by atoms with E-state index < -0.39 is 40.0 Å². The van der Waals surface area contributed by atoms with E-state index in [1.807, 2.05) is 0 Å². The summed E-state index contributed by atoms with van der Waals surface area (Å²) in [6, 6.07) is 13.8. The summed E-state index contributed by atoms with van der Waals surface area (Å²) in [6.07, 6.45) is 0. The molecule has 39 heavy (non-hydrogen) atoms. The Morgan fingerprint density at radius 2 is 1.00 bits per heavy atom. The first-order valence-electron chi connectivity index (χ1n) is 10.5. The maximum Gasteiger partial charge on any atom is 0.419 e. The van der Waals surface area contributed by atoms with E-state index in [4.69, 9.17) is 11.6 Å². The molecular formula is C24H12BrClFN3O9. The van der Waals surface area contributed by atoms with Crippen molar-refractivity contribution >= 4 is 60.2 Å². The highest BCUT2D eigenvalue weighted by Crippen LogP contribution is 2.18. The van der Waals surface area contributed by atoms with Crippen LogP contribution in [0.15, 0.2) is 101 Å². The molecule has 3 heterocycles. The van der Waals surface area contributed by atoms with Crippen molar-refractivity contribution in [1.82, 2.24) is 15.0 Å². The summed E-state index contributed by atoms with van der Waals surface area (Å²) < 4.78 is 26.5. The van der Waals surface area contributed by atoms with Crippen molar-refractivity contribution in [2.24, 2.45) is 0 Å². The average Bonchev–Trinajstić information content (AvgIpc) is 2.84. The number of hydrogen-bond donors (Lipinski definition) is 3. The van der Waals surface area contributed by atoms with Crippen LogP contribution >= 0.6 is 27.5 Å². The highest BCUT2D eigenvalue weighted by atomic mass is 79.9. The summed E-state index contributed by atoms with van der Waals surface area (Å²) in [7, 11) is 0. The topological polar surface area (TPSA) is 189 Å². The van der Waals surface area contributed by atoms with E-state index in [1.165, 1.54) is 12.1 Å². The number of aromatic nitrogens is 3. The normalized spacial score (nSPS) is 10.5. The molecule has 6 aromatic rings. The van der Waals surface area contributed by atoms with Crippen LogP contribution < -0.4 is 34.1 Å². The number of H-pyrrole nitrogens is 3. The van der Waals surface area contributed by atoms with Gasteiger partial charge in [-0.25, -0.2) is 33.2 Å². The van der Waals surface area contributed by atoms with E-state index in [0.717, 1.165) is 6.07 Å². The first-order chi connectivity index (χ1) is 18.5. The zero-order valence-corrected chi connectivity index (χ0v) is 21.3. The Balaban J connectivity index is 0.000000136. The quantitative estimate of drug-likeness (QED) is 0.229. The number of hydrogen-bond acceptors (Lipinski definition) is 9. The van der Waals surface area contributed by atoms with Crippen molar-refractivity contribution in [1.29, 1.82) is 0 Å². The van der Waals surface area contributed by atoms with Crippen molar-refractivity contribution < 1.29 is 17.6 Å². The van der Waals surface area contributed by atoms with Crippen LogP contribution in [0.5, 0.6) is 0 Å². The van der Waals surface area contributed by atoms with Gasteiger partial charge in [0.2, 0.25) is 0 Å². The third-order valence-corrected chi connectivity index (χ3v) is 5.90. The smallest absolute Gasteiger partial charge is 0.372 e. The molecule has 0 radical (unpaired) electrons. The lowest BCUT2D eigenvalue weighted by Gasteiger charge is -1.95. The van der Waals surface area contributed by atoms with Gasteiger partial charge in [-0.1, -0.05) is 29.8 Å². The van der Waals surface area contributed by atoms with Gasteiger partial charge in [-0.3, -0.25) is 15.0 Å². The molecule has 3 N–H and O–H groups in total. The lowest BCUT2D eigenvalue weighted by atomic mass is 10.2. The van der Waals surface area contributed by atoms with E-state index >= 15 is 0 Å². The standard InChI is InChI=1S/C8H4BrNO3.C8H4ClNO3.C8H4FNO3/c3*9-4-2-1-3-5-6(4)7(11)13-8(12)10-5/h3*1-3H,(H,10,12). The molecule has 15 heteroatoms. The Morgan fingerprint density at radius 3 is 1.56 bits per heavy atom. The van der Waals surface area contributed by atoms with Crippen molar-refractivity contribution in [2.45, 2.75) is 0 Å². The molecule has 0 unspecified atom stereocenters. The van der Waals surface area contributed by atoms with Crippen LogP contribution in [0.3, 0.4) is 0 Å². The fraction of sp³-hybridized carbons (Fsp3) is 0. The molecule has 0 atom stereocenters. The van der Waals surface area contributed by atoms with Gasteiger partial charge in [-0.15, -0.1) is 0 Å². The second-order valence-corrected chi connectivity index (χ2v) is 8.65. The SMILES string of the molecule is O=c1[nH]c2cccc(Br)c2c(=O)o1.O=c1[nH]c2cccc(Cl)c2c(=O)o1.O=c1[nH]c2cccc(F)c2c(=O)o1. The zero-order chi connectivity index (χ0) is 28.3. The van der Waals surface area contributed by atoms with Crippen molar-refractivity contribution in [2.75, 3.05) is 0 Å². The Hall–Kier alpha value is -4.82. The van der Waals surface area contributed by atoms with Crippen molar-refractivity contribution in [3.05, 3.63) is 133 Å². The van der Waals surface area contributed by atoms with E-state index in [9.17, 15) is 33.2 Å². The largest absolute Gasteiger partial charge is 0.419 e. The summed E-state index contributed by atoms with van der Waals surface area (Å²) in [5.41, 5.74) is -1.32. The molecule has 0 saturated heterocycles. The number of benzene rings is 3. The van der Waals surface area contributed by atoms with Crippen LogP contribution in [0.25, 0.3) is 32.7 Å². The number of halogens is 3. The second kappa shape index (κ2) is 11.3. The minimum absolute atomic E-state index is 0.140. The Bertz CT molecular complexity index is 1960. The number of rotatable bonds is 0. The summed E-state index contributed by atoms with van der Waals surface area (Å²) in [6.45, 7) is 0. The molecule has 6 rings (SSSR count). The van der Waals surface area contributed by atoms with Crippen LogP contribution in [-0.2, 0) is 0 Å².